The summed E-state index contributed by atoms with van der Waals surface area (Å²) in [5, 5.41) is 4.33. The number of ether oxygens (including phenoxy) is 2. The quantitative estimate of drug-likeness (QED) is 0.353. The molecule has 1 amide bonds. The summed E-state index contributed by atoms with van der Waals surface area (Å²) in [6.07, 6.45) is 1.40. The highest BCUT2D eigenvalue weighted by molar-refractivity contribution is 7.92. The van der Waals surface area contributed by atoms with E-state index in [-0.39, 0.29) is 10.6 Å². The number of nitrogens with zero attached hydrogens (tertiary/aromatic N) is 2. The van der Waals surface area contributed by atoms with Gasteiger partial charge in [0, 0.05) is 16.7 Å². The van der Waals surface area contributed by atoms with E-state index in [2.05, 4.69) is 10.5 Å². The van der Waals surface area contributed by atoms with Crippen molar-refractivity contribution in [3.8, 4) is 11.5 Å². The van der Waals surface area contributed by atoms with Crippen molar-refractivity contribution in [2.45, 2.75) is 11.8 Å². The number of hydrogen-bond donors (Lipinski definition) is 1. The maximum absolute atomic E-state index is 13.3. The number of hydrazone groups is 1. The topological polar surface area (TPSA) is 97.3 Å². The maximum Gasteiger partial charge on any atom is 0.264 e. The number of nitrogens with one attached hydrogen (secondary N) is 1. The van der Waals surface area contributed by atoms with E-state index >= 15 is 0 Å². The van der Waals surface area contributed by atoms with Crippen LogP contribution in [0.2, 0.25) is 5.02 Å². The fraction of sp³-hybridized carbons (Fsp3) is 0.167. The van der Waals surface area contributed by atoms with E-state index in [4.69, 9.17) is 21.1 Å². The van der Waals surface area contributed by atoms with E-state index in [1.54, 1.807) is 62.6 Å². The Morgan fingerprint density at radius 3 is 2.44 bits per heavy atom. The lowest BCUT2D eigenvalue weighted by molar-refractivity contribution is -0.119. The average molecular weight is 502 g/mol. The minimum Gasteiger partial charge on any atom is -0.497 e. The number of anilines is 1. The molecule has 3 aromatic carbocycles. The molecule has 0 atom stereocenters. The molecule has 0 aliphatic rings. The predicted octanol–water partition coefficient (Wildman–Crippen LogP) is 4.01. The fourth-order valence-corrected chi connectivity index (χ4v) is 4.64. The van der Waals surface area contributed by atoms with Crippen molar-refractivity contribution in [3.05, 3.63) is 82.9 Å². The molecular weight excluding hydrogens is 478 g/mol. The first-order valence-corrected chi connectivity index (χ1v) is 12.0. The van der Waals surface area contributed by atoms with Crippen LogP contribution >= 0.6 is 11.6 Å². The Kier molecular flexibility index (Phi) is 8.14. The highest BCUT2D eigenvalue weighted by atomic mass is 35.5. The first kappa shape index (κ1) is 25.1. The number of aryl methyl sites for hydroxylation is 1. The standard InChI is InChI=1S/C24H24ClN3O5S/c1-17-9-11-19(13-22(17)25)28(34(30,31)21-7-5-4-6-8-21)16-24(29)27-26-15-18-10-12-20(32-2)14-23(18)33-3/h4-15H,16H2,1-3H3,(H,27,29)/b26-15-. The number of sulfonamides is 1. The van der Waals surface area contributed by atoms with Gasteiger partial charge in [-0.2, -0.15) is 5.10 Å². The highest BCUT2D eigenvalue weighted by Gasteiger charge is 2.27. The summed E-state index contributed by atoms with van der Waals surface area (Å²) in [6, 6.07) is 17.8. The maximum atomic E-state index is 13.3. The molecule has 0 radical (unpaired) electrons. The molecule has 0 heterocycles. The Morgan fingerprint density at radius 1 is 1.06 bits per heavy atom. The second-order valence-corrected chi connectivity index (χ2v) is 9.43. The number of benzene rings is 3. The summed E-state index contributed by atoms with van der Waals surface area (Å²) in [4.78, 5) is 12.7. The van der Waals surface area contributed by atoms with Crippen LogP contribution in [0.25, 0.3) is 0 Å². The zero-order valence-electron chi connectivity index (χ0n) is 18.9. The Morgan fingerprint density at radius 2 is 1.79 bits per heavy atom. The number of carbonyl (C=O) groups is 1. The third kappa shape index (κ3) is 5.86. The van der Waals surface area contributed by atoms with Crippen molar-refractivity contribution in [1.29, 1.82) is 0 Å². The second kappa shape index (κ2) is 11.0. The molecule has 0 saturated heterocycles. The van der Waals surface area contributed by atoms with E-state index in [0.717, 1.165) is 9.87 Å². The summed E-state index contributed by atoms with van der Waals surface area (Å²) in [7, 11) is -1.00. The number of rotatable bonds is 9. The minimum absolute atomic E-state index is 0.0472. The first-order valence-electron chi connectivity index (χ1n) is 10.1. The fourth-order valence-electron chi connectivity index (χ4n) is 3.04. The Bertz CT molecular complexity index is 1300. The summed E-state index contributed by atoms with van der Waals surface area (Å²) >= 11 is 6.23. The zero-order chi connectivity index (χ0) is 24.7. The van der Waals surface area contributed by atoms with Gasteiger partial charge in [0.05, 0.1) is 31.0 Å². The molecule has 0 bridgehead atoms. The van der Waals surface area contributed by atoms with Crippen molar-refractivity contribution >= 4 is 39.4 Å². The van der Waals surface area contributed by atoms with Gasteiger partial charge in [0.1, 0.15) is 18.0 Å². The van der Waals surface area contributed by atoms with Crippen molar-refractivity contribution in [1.82, 2.24) is 5.43 Å². The molecule has 0 aromatic heterocycles. The van der Waals surface area contributed by atoms with Gasteiger partial charge in [-0.15, -0.1) is 0 Å². The van der Waals surface area contributed by atoms with Crippen LogP contribution in [-0.2, 0) is 14.8 Å². The van der Waals surface area contributed by atoms with Crippen LogP contribution in [0.4, 0.5) is 5.69 Å². The monoisotopic (exact) mass is 501 g/mol. The van der Waals surface area contributed by atoms with E-state index in [1.807, 2.05) is 0 Å². The van der Waals surface area contributed by atoms with E-state index in [9.17, 15) is 13.2 Å². The largest absolute Gasteiger partial charge is 0.497 e. The van der Waals surface area contributed by atoms with Gasteiger partial charge in [-0.1, -0.05) is 35.9 Å². The molecule has 0 saturated carbocycles. The van der Waals surface area contributed by atoms with Gasteiger partial charge in [-0.05, 0) is 48.9 Å². The molecule has 3 rings (SSSR count). The lowest BCUT2D eigenvalue weighted by Crippen LogP contribution is -2.39. The Balaban J connectivity index is 1.84. The molecule has 0 spiro atoms. The van der Waals surface area contributed by atoms with Crippen molar-refractivity contribution < 1.29 is 22.7 Å². The summed E-state index contributed by atoms with van der Waals surface area (Å²) in [6.45, 7) is 1.30. The zero-order valence-corrected chi connectivity index (χ0v) is 20.4. The number of amides is 1. The van der Waals surface area contributed by atoms with E-state index in [1.165, 1.54) is 31.5 Å². The average Bonchev–Trinajstić information content (AvgIpc) is 2.85. The lowest BCUT2D eigenvalue weighted by Gasteiger charge is -2.24. The molecule has 8 nitrogen and oxygen atoms in total. The van der Waals surface area contributed by atoms with Crippen LogP contribution in [0, 0.1) is 6.92 Å². The van der Waals surface area contributed by atoms with Crippen molar-refractivity contribution in [2.75, 3.05) is 25.1 Å². The highest BCUT2D eigenvalue weighted by Crippen LogP contribution is 2.28. The predicted molar refractivity (Wildman–Crippen MR) is 132 cm³/mol. The van der Waals surface area contributed by atoms with Crippen LogP contribution in [0.5, 0.6) is 11.5 Å². The van der Waals surface area contributed by atoms with Gasteiger partial charge in [-0.25, -0.2) is 13.8 Å². The molecule has 0 aliphatic heterocycles. The Hall–Kier alpha value is -3.56. The number of hydrogen-bond acceptors (Lipinski definition) is 6. The van der Waals surface area contributed by atoms with Gasteiger partial charge in [0.15, 0.2) is 0 Å². The molecule has 0 aliphatic carbocycles. The van der Waals surface area contributed by atoms with Gasteiger partial charge in [-0.3, -0.25) is 9.10 Å². The normalized spacial score (nSPS) is 11.3. The molecule has 178 valence electrons. The third-order valence-electron chi connectivity index (χ3n) is 4.90. The first-order chi connectivity index (χ1) is 16.3. The van der Waals surface area contributed by atoms with Crippen LogP contribution < -0.4 is 19.2 Å². The molecule has 34 heavy (non-hydrogen) atoms. The van der Waals surface area contributed by atoms with Crippen molar-refractivity contribution in [3.63, 3.8) is 0 Å². The smallest absolute Gasteiger partial charge is 0.264 e. The van der Waals surface area contributed by atoms with Gasteiger partial charge < -0.3 is 9.47 Å². The van der Waals surface area contributed by atoms with Crippen LogP contribution in [0.1, 0.15) is 11.1 Å². The molecule has 0 fully saturated rings. The molecule has 10 heteroatoms. The molecular formula is C24H24ClN3O5S. The molecule has 1 N–H and O–H groups in total. The van der Waals surface area contributed by atoms with Crippen LogP contribution in [0.3, 0.4) is 0 Å². The summed E-state index contributed by atoms with van der Waals surface area (Å²) in [5.74, 6) is 0.469. The Labute approximate surface area is 203 Å². The number of methoxy groups -OCH3 is 2. The van der Waals surface area contributed by atoms with E-state index in [0.29, 0.717) is 22.1 Å². The number of carbonyl (C=O) groups excluding carboxylic acids is 1. The number of halogens is 1. The summed E-state index contributed by atoms with van der Waals surface area (Å²) in [5.41, 5.74) is 4.01. The van der Waals surface area contributed by atoms with Gasteiger partial charge in [0.2, 0.25) is 0 Å². The van der Waals surface area contributed by atoms with Gasteiger partial charge in [0.25, 0.3) is 15.9 Å². The van der Waals surface area contributed by atoms with Crippen molar-refractivity contribution in [2.24, 2.45) is 5.10 Å². The third-order valence-corrected chi connectivity index (χ3v) is 7.09. The van der Waals surface area contributed by atoms with Gasteiger partial charge >= 0.3 is 0 Å². The second-order valence-electron chi connectivity index (χ2n) is 7.16. The lowest BCUT2D eigenvalue weighted by atomic mass is 10.2. The van der Waals surface area contributed by atoms with E-state index < -0.39 is 22.5 Å². The molecule has 0 unspecified atom stereocenters. The SMILES string of the molecule is COc1ccc(/C=N\NC(=O)CN(c2ccc(C)c(Cl)c2)S(=O)(=O)c2ccccc2)c(OC)c1. The molecule has 3 aromatic rings. The van der Waals surface area contributed by atoms with Crippen LogP contribution in [-0.4, -0.2) is 41.3 Å². The van der Waals surface area contributed by atoms with Crippen LogP contribution in [0.15, 0.2) is 76.7 Å². The minimum atomic E-state index is -4.05. The summed E-state index contributed by atoms with van der Waals surface area (Å²) < 4.78 is 38.1.